The van der Waals surface area contributed by atoms with Gasteiger partial charge in [0.1, 0.15) is 10.6 Å². The van der Waals surface area contributed by atoms with Crippen molar-refractivity contribution in [3.8, 4) is 5.75 Å². The number of aryl methyl sites for hydroxylation is 1. The Hall–Kier alpha value is -1.73. The molecule has 0 fully saturated rings. The summed E-state index contributed by atoms with van der Waals surface area (Å²) in [5.74, 6) is 0.237. The molecule has 2 aromatic carbocycles. The van der Waals surface area contributed by atoms with Crippen molar-refractivity contribution in [3.63, 3.8) is 0 Å². The van der Waals surface area contributed by atoms with Crippen LogP contribution < -0.4 is 15.2 Å². The molecule has 0 spiro atoms. The van der Waals surface area contributed by atoms with Gasteiger partial charge in [-0.15, -0.1) is 0 Å². The van der Waals surface area contributed by atoms with Gasteiger partial charge in [0, 0.05) is 10.2 Å². The summed E-state index contributed by atoms with van der Waals surface area (Å²) in [6, 6.07) is 9.87. The van der Waals surface area contributed by atoms with E-state index in [4.69, 9.17) is 10.5 Å². The average molecular weight is 371 g/mol. The maximum Gasteiger partial charge on any atom is 0.265 e. The Morgan fingerprint density at radius 1 is 1.19 bits per heavy atom. The third-order valence-corrected chi connectivity index (χ3v) is 4.92. The molecule has 0 saturated heterocycles. The Morgan fingerprint density at radius 3 is 2.57 bits per heavy atom. The molecule has 0 bridgehead atoms. The standard InChI is InChI=1S/C14H15BrN2O3S/c1-9-3-5-11(15)12(7-9)17-21(18,19)14-8-10(16)4-6-13(14)20-2/h3-8,17H,16H2,1-2H3. The molecule has 0 aromatic heterocycles. The Kier molecular flexibility index (Phi) is 4.43. The number of ether oxygens (including phenoxy) is 1. The first-order valence-corrected chi connectivity index (χ1v) is 8.33. The van der Waals surface area contributed by atoms with Crippen molar-refractivity contribution in [1.29, 1.82) is 0 Å². The number of benzene rings is 2. The van der Waals surface area contributed by atoms with Gasteiger partial charge in [-0.3, -0.25) is 4.72 Å². The van der Waals surface area contributed by atoms with Gasteiger partial charge in [0.05, 0.1) is 12.8 Å². The van der Waals surface area contributed by atoms with Crippen LogP contribution in [0.15, 0.2) is 45.8 Å². The lowest BCUT2D eigenvalue weighted by atomic mass is 10.2. The van der Waals surface area contributed by atoms with Crippen LogP contribution in [0.2, 0.25) is 0 Å². The van der Waals surface area contributed by atoms with Crippen molar-refractivity contribution < 1.29 is 13.2 Å². The van der Waals surface area contributed by atoms with Crippen LogP contribution in [0, 0.1) is 6.92 Å². The van der Waals surface area contributed by atoms with E-state index in [1.165, 1.54) is 19.2 Å². The number of halogens is 1. The fourth-order valence-corrected chi connectivity index (χ4v) is 3.57. The highest BCUT2D eigenvalue weighted by Gasteiger charge is 2.21. The second-order valence-corrected chi connectivity index (χ2v) is 7.00. The summed E-state index contributed by atoms with van der Waals surface area (Å²) in [5, 5.41) is 0. The summed E-state index contributed by atoms with van der Waals surface area (Å²) in [6.07, 6.45) is 0. The van der Waals surface area contributed by atoms with Crippen molar-refractivity contribution in [2.45, 2.75) is 11.8 Å². The number of methoxy groups -OCH3 is 1. The number of hydrogen-bond acceptors (Lipinski definition) is 4. The van der Waals surface area contributed by atoms with Crippen LogP contribution in [0.4, 0.5) is 11.4 Å². The molecule has 0 radical (unpaired) electrons. The summed E-state index contributed by atoms with van der Waals surface area (Å²) >= 11 is 3.32. The molecule has 0 aliphatic rings. The van der Waals surface area contributed by atoms with Gasteiger partial charge in [-0.1, -0.05) is 6.07 Å². The Balaban J connectivity index is 2.48. The Bertz CT molecular complexity index is 776. The summed E-state index contributed by atoms with van der Waals surface area (Å²) < 4.78 is 33.3. The van der Waals surface area contributed by atoms with E-state index in [-0.39, 0.29) is 10.6 Å². The van der Waals surface area contributed by atoms with Crippen LogP contribution in [-0.4, -0.2) is 15.5 Å². The van der Waals surface area contributed by atoms with Gasteiger partial charge < -0.3 is 10.5 Å². The highest BCUT2D eigenvalue weighted by atomic mass is 79.9. The van der Waals surface area contributed by atoms with E-state index in [9.17, 15) is 8.42 Å². The maximum atomic E-state index is 12.5. The highest BCUT2D eigenvalue weighted by Crippen LogP contribution is 2.30. The number of nitrogens with two attached hydrogens (primary N) is 1. The molecule has 3 N–H and O–H groups in total. The van der Waals surface area contributed by atoms with Crippen molar-refractivity contribution in [2.24, 2.45) is 0 Å². The molecule has 0 aliphatic carbocycles. The fourth-order valence-electron chi connectivity index (χ4n) is 1.82. The molecule has 21 heavy (non-hydrogen) atoms. The molecule has 2 aromatic rings. The number of anilines is 2. The van der Waals surface area contributed by atoms with Gasteiger partial charge in [-0.25, -0.2) is 8.42 Å². The fraction of sp³-hybridized carbons (Fsp3) is 0.143. The molecule has 0 heterocycles. The third kappa shape index (κ3) is 3.48. The largest absolute Gasteiger partial charge is 0.495 e. The molecule has 5 nitrogen and oxygen atoms in total. The van der Waals surface area contributed by atoms with Crippen molar-refractivity contribution in [2.75, 3.05) is 17.6 Å². The minimum atomic E-state index is -3.80. The van der Waals surface area contributed by atoms with E-state index >= 15 is 0 Å². The first-order chi connectivity index (χ1) is 9.83. The lowest BCUT2D eigenvalue weighted by molar-refractivity contribution is 0.403. The van der Waals surface area contributed by atoms with Gasteiger partial charge in [0.25, 0.3) is 10.0 Å². The zero-order valence-electron chi connectivity index (χ0n) is 11.6. The van der Waals surface area contributed by atoms with Gasteiger partial charge in [-0.05, 0) is 58.7 Å². The Labute approximate surface area is 132 Å². The van der Waals surface area contributed by atoms with Crippen molar-refractivity contribution in [3.05, 3.63) is 46.4 Å². The summed E-state index contributed by atoms with van der Waals surface area (Å²) in [5.41, 5.74) is 7.41. The van der Waals surface area contributed by atoms with Crippen LogP contribution in [0.1, 0.15) is 5.56 Å². The third-order valence-electron chi connectivity index (χ3n) is 2.84. The van der Waals surface area contributed by atoms with E-state index in [0.29, 0.717) is 15.8 Å². The molecular formula is C14H15BrN2O3S. The molecule has 112 valence electrons. The molecule has 0 amide bonds. The molecule has 7 heteroatoms. The molecule has 0 atom stereocenters. The van der Waals surface area contributed by atoms with E-state index in [0.717, 1.165) is 5.56 Å². The zero-order chi connectivity index (χ0) is 15.6. The predicted octanol–water partition coefficient (Wildman–Crippen LogP) is 3.15. The molecule has 0 aliphatic heterocycles. The number of nitrogen functional groups attached to an aromatic ring is 1. The number of hydrogen-bond donors (Lipinski definition) is 2. The molecule has 2 rings (SSSR count). The zero-order valence-corrected chi connectivity index (χ0v) is 14.0. The van der Waals surface area contributed by atoms with Crippen molar-refractivity contribution in [1.82, 2.24) is 0 Å². The first-order valence-electron chi connectivity index (χ1n) is 6.06. The number of sulfonamides is 1. The first kappa shape index (κ1) is 15.7. The van der Waals surface area contributed by atoms with E-state index in [1.54, 1.807) is 18.2 Å². The molecule has 0 saturated carbocycles. The molecule has 0 unspecified atom stereocenters. The smallest absolute Gasteiger partial charge is 0.265 e. The second kappa shape index (κ2) is 5.95. The van der Waals surface area contributed by atoms with Gasteiger partial charge in [0.2, 0.25) is 0 Å². The number of nitrogens with one attached hydrogen (secondary N) is 1. The number of rotatable bonds is 4. The van der Waals surface area contributed by atoms with Gasteiger partial charge >= 0.3 is 0 Å². The lowest BCUT2D eigenvalue weighted by Gasteiger charge is -2.13. The van der Waals surface area contributed by atoms with Crippen LogP contribution >= 0.6 is 15.9 Å². The normalized spacial score (nSPS) is 11.2. The van der Waals surface area contributed by atoms with Crippen LogP contribution in [-0.2, 0) is 10.0 Å². The summed E-state index contributed by atoms with van der Waals surface area (Å²) in [6.45, 7) is 1.88. The average Bonchev–Trinajstić information content (AvgIpc) is 2.42. The Morgan fingerprint density at radius 2 is 1.90 bits per heavy atom. The highest BCUT2D eigenvalue weighted by molar-refractivity contribution is 9.10. The minimum absolute atomic E-state index is 0.00148. The molecular weight excluding hydrogens is 356 g/mol. The van der Waals surface area contributed by atoms with Crippen LogP contribution in [0.3, 0.4) is 0 Å². The van der Waals surface area contributed by atoms with E-state index < -0.39 is 10.0 Å². The lowest BCUT2D eigenvalue weighted by Crippen LogP contribution is -2.15. The van der Waals surface area contributed by atoms with E-state index in [2.05, 4.69) is 20.7 Å². The predicted molar refractivity (Wildman–Crippen MR) is 87.1 cm³/mol. The van der Waals surface area contributed by atoms with E-state index in [1.807, 2.05) is 13.0 Å². The SMILES string of the molecule is COc1ccc(N)cc1S(=O)(=O)Nc1cc(C)ccc1Br. The monoisotopic (exact) mass is 370 g/mol. The quantitative estimate of drug-likeness (QED) is 0.809. The minimum Gasteiger partial charge on any atom is -0.495 e. The van der Waals surface area contributed by atoms with Crippen molar-refractivity contribution >= 4 is 37.3 Å². The van der Waals surface area contributed by atoms with Crippen LogP contribution in [0.25, 0.3) is 0 Å². The van der Waals surface area contributed by atoms with Gasteiger partial charge in [0.15, 0.2) is 0 Å². The summed E-state index contributed by atoms with van der Waals surface area (Å²) in [7, 11) is -2.39. The maximum absolute atomic E-state index is 12.5. The topological polar surface area (TPSA) is 81.4 Å². The second-order valence-electron chi connectivity index (χ2n) is 4.50. The summed E-state index contributed by atoms with van der Waals surface area (Å²) in [4.78, 5) is -0.00148. The van der Waals surface area contributed by atoms with Crippen LogP contribution in [0.5, 0.6) is 5.75 Å². The van der Waals surface area contributed by atoms with Gasteiger partial charge in [-0.2, -0.15) is 0 Å².